The van der Waals surface area contributed by atoms with Gasteiger partial charge in [-0.15, -0.1) is 10.2 Å². The Balaban J connectivity index is 1.62. The molecule has 0 radical (unpaired) electrons. The number of carbonyl (C=O) groups excluding carboxylic acids is 1. The van der Waals surface area contributed by atoms with Crippen molar-refractivity contribution < 1.29 is 14.3 Å². The van der Waals surface area contributed by atoms with Crippen molar-refractivity contribution in [3.8, 4) is 11.5 Å². The summed E-state index contributed by atoms with van der Waals surface area (Å²) in [5.41, 5.74) is 1.12. The molecule has 1 aliphatic carbocycles. The lowest BCUT2D eigenvalue weighted by Crippen LogP contribution is -2.35. The van der Waals surface area contributed by atoms with Gasteiger partial charge in [-0.2, -0.15) is 0 Å². The maximum atomic E-state index is 12.4. The van der Waals surface area contributed by atoms with E-state index in [2.05, 4.69) is 20.8 Å². The Kier molecular flexibility index (Phi) is 6.46. The molecule has 2 N–H and O–H groups in total. The Labute approximate surface area is 159 Å². The molecule has 1 aromatic heterocycles. The summed E-state index contributed by atoms with van der Waals surface area (Å²) < 4.78 is 10.5. The molecule has 1 fully saturated rings. The molecule has 7 nitrogen and oxygen atoms in total. The summed E-state index contributed by atoms with van der Waals surface area (Å²) in [6.07, 6.45) is 6.93. The number of methoxy groups -OCH3 is 2. The van der Waals surface area contributed by atoms with Crippen LogP contribution in [-0.4, -0.2) is 36.4 Å². The molecule has 0 saturated heterocycles. The molecule has 0 bridgehead atoms. The Morgan fingerprint density at radius 1 is 0.963 bits per heavy atom. The van der Waals surface area contributed by atoms with Gasteiger partial charge in [0, 0.05) is 17.8 Å². The average molecular weight is 370 g/mol. The normalized spacial score (nSPS) is 14.9. The average Bonchev–Trinajstić information content (AvgIpc) is 2.97. The zero-order valence-electron chi connectivity index (χ0n) is 15.8. The third kappa shape index (κ3) is 5.09. The van der Waals surface area contributed by atoms with Crippen molar-refractivity contribution in [2.24, 2.45) is 0 Å². The maximum absolute atomic E-state index is 12.4. The number of hydrogen-bond acceptors (Lipinski definition) is 6. The minimum absolute atomic E-state index is 0.160. The van der Waals surface area contributed by atoms with Gasteiger partial charge in [-0.3, -0.25) is 4.79 Å². The van der Waals surface area contributed by atoms with Crippen LogP contribution in [0.3, 0.4) is 0 Å². The number of anilines is 2. The van der Waals surface area contributed by atoms with Crippen LogP contribution in [0.25, 0.3) is 0 Å². The van der Waals surface area contributed by atoms with E-state index in [1.165, 1.54) is 25.7 Å². The molecule has 1 amide bonds. The van der Waals surface area contributed by atoms with E-state index in [0.29, 0.717) is 23.0 Å². The van der Waals surface area contributed by atoms with Gasteiger partial charge >= 0.3 is 0 Å². The first-order valence-corrected chi connectivity index (χ1v) is 9.33. The quantitative estimate of drug-likeness (QED) is 0.755. The molecule has 1 aromatic carbocycles. The van der Waals surface area contributed by atoms with Gasteiger partial charge in [0.1, 0.15) is 0 Å². The third-order valence-corrected chi connectivity index (χ3v) is 4.74. The molecule has 144 valence electrons. The number of benzene rings is 1. The van der Waals surface area contributed by atoms with Crippen molar-refractivity contribution in [2.45, 2.75) is 44.6 Å². The van der Waals surface area contributed by atoms with E-state index in [1.807, 2.05) is 18.2 Å². The van der Waals surface area contributed by atoms with Crippen LogP contribution in [0.15, 0.2) is 30.3 Å². The predicted molar refractivity (Wildman–Crippen MR) is 104 cm³/mol. The number of nitrogens with zero attached hydrogens (tertiary/aromatic N) is 2. The van der Waals surface area contributed by atoms with Crippen molar-refractivity contribution in [3.05, 3.63) is 36.0 Å². The lowest BCUT2D eigenvalue weighted by molar-refractivity contribution is 0.0927. The lowest BCUT2D eigenvalue weighted by atomic mass is 10.1. The fourth-order valence-electron chi connectivity index (χ4n) is 3.26. The Hall–Kier alpha value is -2.83. The fraction of sp³-hybridized carbons (Fsp3) is 0.450. The highest BCUT2D eigenvalue weighted by molar-refractivity contribution is 5.92. The summed E-state index contributed by atoms with van der Waals surface area (Å²) in [6, 6.07) is 9.14. The number of aromatic nitrogens is 2. The van der Waals surface area contributed by atoms with Gasteiger partial charge in [0.2, 0.25) is 0 Å². The molecule has 1 saturated carbocycles. The van der Waals surface area contributed by atoms with Crippen LogP contribution in [-0.2, 0) is 0 Å². The zero-order chi connectivity index (χ0) is 19.1. The molecule has 7 heteroatoms. The maximum Gasteiger partial charge on any atom is 0.272 e. The summed E-state index contributed by atoms with van der Waals surface area (Å²) in [7, 11) is 3.18. The van der Waals surface area contributed by atoms with Crippen molar-refractivity contribution in [3.63, 3.8) is 0 Å². The molecule has 3 rings (SSSR count). The minimum Gasteiger partial charge on any atom is -0.493 e. The third-order valence-electron chi connectivity index (χ3n) is 4.74. The second-order valence-corrected chi connectivity index (χ2v) is 6.66. The molecule has 1 aliphatic rings. The Morgan fingerprint density at radius 3 is 2.33 bits per heavy atom. The largest absolute Gasteiger partial charge is 0.493 e. The molecule has 0 atom stereocenters. The second kappa shape index (κ2) is 9.21. The van der Waals surface area contributed by atoms with Crippen molar-refractivity contribution in [1.29, 1.82) is 0 Å². The molecule has 2 aromatic rings. The molecule has 0 aliphatic heterocycles. The zero-order valence-corrected chi connectivity index (χ0v) is 15.8. The molecule has 1 heterocycles. The molecular weight excluding hydrogens is 344 g/mol. The van der Waals surface area contributed by atoms with Crippen LogP contribution in [0, 0.1) is 0 Å². The van der Waals surface area contributed by atoms with E-state index in [-0.39, 0.29) is 11.9 Å². The summed E-state index contributed by atoms with van der Waals surface area (Å²) in [4.78, 5) is 12.4. The van der Waals surface area contributed by atoms with E-state index in [1.54, 1.807) is 26.4 Å². The number of amides is 1. The summed E-state index contributed by atoms with van der Waals surface area (Å²) >= 11 is 0. The van der Waals surface area contributed by atoms with Crippen LogP contribution in [0.1, 0.15) is 49.0 Å². The van der Waals surface area contributed by atoms with Gasteiger partial charge in [0.05, 0.1) is 14.2 Å². The van der Waals surface area contributed by atoms with E-state index in [4.69, 9.17) is 9.47 Å². The Bertz CT molecular complexity index is 756. The Morgan fingerprint density at radius 2 is 1.70 bits per heavy atom. The number of carbonyl (C=O) groups is 1. The highest BCUT2D eigenvalue weighted by atomic mass is 16.5. The first kappa shape index (κ1) is 18.9. The van der Waals surface area contributed by atoms with Gasteiger partial charge in [0.15, 0.2) is 23.0 Å². The van der Waals surface area contributed by atoms with Gasteiger partial charge in [-0.1, -0.05) is 25.7 Å². The minimum atomic E-state index is -0.160. The molecular formula is C20H26N4O3. The van der Waals surface area contributed by atoms with E-state index in [0.717, 1.165) is 18.5 Å². The van der Waals surface area contributed by atoms with E-state index in [9.17, 15) is 4.79 Å². The number of hydrogen-bond donors (Lipinski definition) is 2. The molecule has 27 heavy (non-hydrogen) atoms. The summed E-state index contributed by atoms with van der Waals surface area (Å²) in [5.74, 6) is 1.66. The molecule has 0 spiro atoms. The SMILES string of the molecule is COc1ccc(Nc2ccc(C(=O)NC3CCCCCC3)nn2)cc1OC. The highest BCUT2D eigenvalue weighted by Gasteiger charge is 2.17. The number of rotatable bonds is 6. The van der Waals surface area contributed by atoms with Crippen LogP contribution >= 0.6 is 0 Å². The standard InChI is InChI=1S/C20H26N4O3/c1-26-17-11-9-15(13-18(17)27-2)21-19-12-10-16(23-24-19)20(25)22-14-7-5-3-4-6-8-14/h9-14H,3-8H2,1-2H3,(H,21,24)(H,22,25). The summed E-state index contributed by atoms with van der Waals surface area (Å²) in [5, 5.41) is 14.4. The van der Waals surface area contributed by atoms with E-state index >= 15 is 0 Å². The van der Waals surface area contributed by atoms with Gasteiger partial charge in [-0.05, 0) is 37.1 Å². The van der Waals surface area contributed by atoms with Crippen LogP contribution in [0.5, 0.6) is 11.5 Å². The van der Waals surface area contributed by atoms with Crippen LogP contribution in [0.4, 0.5) is 11.5 Å². The smallest absolute Gasteiger partial charge is 0.272 e. The van der Waals surface area contributed by atoms with Crippen molar-refractivity contribution >= 4 is 17.4 Å². The number of nitrogens with one attached hydrogen (secondary N) is 2. The van der Waals surface area contributed by atoms with Crippen LogP contribution < -0.4 is 20.1 Å². The highest BCUT2D eigenvalue weighted by Crippen LogP contribution is 2.30. The predicted octanol–water partition coefficient (Wildman–Crippen LogP) is 3.69. The topological polar surface area (TPSA) is 85.4 Å². The van der Waals surface area contributed by atoms with Gasteiger partial charge in [0.25, 0.3) is 5.91 Å². The van der Waals surface area contributed by atoms with E-state index < -0.39 is 0 Å². The van der Waals surface area contributed by atoms with Crippen molar-refractivity contribution in [2.75, 3.05) is 19.5 Å². The lowest BCUT2D eigenvalue weighted by Gasteiger charge is -2.15. The summed E-state index contributed by atoms with van der Waals surface area (Å²) in [6.45, 7) is 0. The number of ether oxygens (including phenoxy) is 2. The molecule has 0 unspecified atom stereocenters. The first-order valence-electron chi connectivity index (χ1n) is 9.33. The van der Waals surface area contributed by atoms with Crippen LogP contribution in [0.2, 0.25) is 0 Å². The first-order chi connectivity index (χ1) is 13.2. The van der Waals surface area contributed by atoms with Gasteiger partial charge in [-0.25, -0.2) is 0 Å². The van der Waals surface area contributed by atoms with Gasteiger partial charge < -0.3 is 20.1 Å². The monoisotopic (exact) mass is 370 g/mol. The fourth-order valence-corrected chi connectivity index (χ4v) is 3.26. The second-order valence-electron chi connectivity index (χ2n) is 6.66. The van der Waals surface area contributed by atoms with Crippen molar-refractivity contribution in [1.82, 2.24) is 15.5 Å².